The number of hydrogen-bond donors (Lipinski definition) is 0. The van der Waals surface area contributed by atoms with E-state index in [1.54, 1.807) is 0 Å². The van der Waals surface area contributed by atoms with E-state index < -0.39 is 7.14 Å². The number of benzene rings is 6. The van der Waals surface area contributed by atoms with Crippen molar-refractivity contribution < 1.29 is 4.57 Å². The second-order valence-electron chi connectivity index (χ2n) is 9.92. The molecule has 0 aliphatic carbocycles. The molecule has 0 aliphatic rings. The Morgan fingerprint density at radius 2 is 1.18 bits per heavy atom. The minimum absolute atomic E-state index is 0.813. The van der Waals surface area contributed by atoms with Crippen LogP contribution in [0.1, 0.15) is 0 Å². The van der Waals surface area contributed by atoms with Gasteiger partial charge in [0, 0.05) is 32.1 Å². The summed E-state index contributed by atoms with van der Waals surface area (Å²) in [5, 5.41) is 7.91. The third-order valence-corrected chi connectivity index (χ3v) is 10.9. The van der Waals surface area contributed by atoms with E-state index in [-0.39, 0.29) is 0 Å². The lowest BCUT2D eigenvalue weighted by Gasteiger charge is -2.23. The van der Waals surface area contributed by atoms with Crippen molar-refractivity contribution in [2.75, 3.05) is 0 Å². The van der Waals surface area contributed by atoms with E-state index in [2.05, 4.69) is 65.1 Å². The minimum atomic E-state index is -3.25. The predicted molar refractivity (Wildman–Crippen MR) is 165 cm³/mol. The van der Waals surface area contributed by atoms with Crippen molar-refractivity contribution in [3.05, 3.63) is 140 Å². The molecule has 3 nitrogen and oxygen atoms in total. The fourth-order valence-corrected chi connectivity index (χ4v) is 8.97. The van der Waals surface area contributed by atoms with E-state index in [1.807, 2.05) is 78.9 Å². The summed E-state index contributed by atoms with van der Waals surface area (Å²) in [5.41, 5.74) is 3.91. The maximum atomic E-state index is 15.6. The Kier molecular flexibility index (Phi) is 4.79. The molecule has 0 N–H and O–H groups in total. The van der Waals surface area contributed by atoms with Crippen molar-refractivity contribution in [2.45, 2.75) is 0 Å². The van der Waals surface area contributed by atoms with Crippen molar-refractivity contribution in [1.29, 1.82) is 0 Å². The number of pyridine rings is 1. The Labute approximate surface area is 225 Å². The van der Waals surface area contributed by atoms with Crippen LogP contribution in [0.15, 0.2) is 140 Å². The van der Waals surface area contributed by atoms with Crippen molar-refractivity contribution in [3.8, 4) is 0 Å². The summed E-state index contributed by atoms with van der Waals surface area (Å²) in [6.45, 7) is 0. The summed E-state index contributed by atoms with van der Waals surface area (Å²) in [5.74, 6) is 0. The first kappa shape index (κ1) is 22.3. The second-order valence-corrected chi connectivity index (χ2v) is 12.7. The molecule has 0 bridgehead atoms. The molecule has 0 saturated carbocycles. The largest absolute Gasteiger partial charge is 0.309 e. The molecule has 0 atom stereocenters. The molecule has 8 rings (SSSR count). The number of aromatic nitrogens is 2. The smallest absolute Gasteiger partial charge is 0.171 e. The summed E-state index contributed by atoms with van der Waals surface area (Å²) in [6, 6.07) is 47.1. The molecule has 184 valence electrons. The number of para-hydroxylation sites is 2. The standard InChI is InChI=1S/C35H23N2OP/c38-39(25-13-3-1-4-14-25,26-15-5-2-6-16-26)32-21-11-18-28-29-23-22-24-12-7-8-17-27(24)34(29)37-31-20-10-9-19-30(31)36-35(37)33(28)32/h1-23H. The number of nitrogens with zero attached hydrogens (tertiary/aromatic N) is 2. The van der Waals surface area contributed by atoms with E-state index >= 15 is 4.57 Å². The lowest BCUT2D eigenvalue weighted by Crippen LogP contribution is -2.25. The van der Waals surface area contributed by atoms with Crippen LogP contribution in [0.2, 0.25) is 0 Å². The average molecular weight is 519 g/mol. The first-order valence-corrected chi connectivity index (χ1v) is 14.8. The molecule has 8 aromatic rings. The van der Waals surface area contributed by atoms with Gasteiger partial charge in [-0.15, -0.1) is 0 Å². The van der Waals surface area contributed by atoms with E-state index in [9.17, 15) is 0 Å². The second kappa shape index (κ2) is 8.39. The molecule has 0 saturated heterocycles. The van der Waals surface area contributed by atoms with Gasteiger partial charge >= 0.3 is 0 Å². The fourth-order valence-electron chi connectivity index (χ4n) is 6.10. The van der Waals surface area contributed by atoms with Crippen LogP contribution in [0.4, 0.5) is 0 Å². The van der Waals surface area contributed by atoms with Crippen molar-refractivity contribution in [1.82, 2.24) is 9.38 Å². The van der Waals surface area contributed by atoms with Crippen molar-refractivity contribution >= 4 is 72.2 Å². The molecule has 6 aromatic carbocycles. The molecule has 0 amide bonds. The highest BCUT2D eigenvalue weighted by Crippen LogP contribution is 2.46. The van der Waals surface area contributed by atoms with Crippen molar-refractivity contribution in [2.24, 2.45) is 0 Å². The number of imidazole rings is 1. The monoisotopic (exact) mass is 518 g/mol. The predicted octanol–water partition coefficient (Wildman–Crippen LogP) is 7.59. The molecule has 4 heteroatoms. The lowest BCUT2D eigenvalue weighted by molar-refractivity contribution is 0.592. The third kappa shape index (κ3) is 3.11. The summed E-state index contributed by atoms with van der Waals surface area (Å²) in [4.78, 5) is 5.20. The Bertz CT molecular complexity index is 2210. The average Bonchev–Trinajstić information content (AvgIpc) is 3.40. The molecular weight excluding hydrogens is 495 g/mol. The van der Waals surface area contributed by atoms with Crippen LogP contribution in [-0.4, -0.2) is 9.38 Å². The zero-order chi connectivity index (χ0) is 26.0. The normalized spacial score (nSPS) is 12.2. The highest BCUT2D eigenvalue weighted by Gasteiger charge is 2.33. The fraction of sp³-hybridized carbons (Fsp3) is 0. The van der Waals surface area contributed by atoms with Gasteiger partial charge in [-0.05, 0) is 22.9 Å². The minimum Gasteiger partial charge on any atom is -0.309 e. The van der Waals surface area contributed by atoms with Crippen LogP contribution >= 0.6 is 7.14 Å². The maximum Gasteiger partial charge on any atom is 0.171 e. The number of fused-ring (bicyclic) bond motifs is 10. The number of hydrogen-bond acceptors (Lipinski definition) is 2. The van der Waals surface area contributed by atoms with Crippen LogP contribution < -0.4 is 15.9 Å². The molecule has 2 aromatic heterocycles. The van der Waals surface area contributed by atoms with E-state index in [0.29, 0.717) is 0 Å². The molecule has 0 unspecified atom stereocenters. The van der Waals surface area contributed by atoms with Crippen LogP contribution in [0, 0.1) is 0 Å². The number of rotatable bonds is 3. The van der Waals surface area contributed by atoms with E-state index in [0.717, 1.165) is 54.3 Å². The molecule has 0 spiro atoms. The molecular formula is C35H23N2OP. The Balaban J connectivity index is 1.65. The van der Waals surface area contributed by atoms with E-state index in [4.69, 9.17) is 4.98 Å². The Hall–Kier alpha value is -4.72. The van der Waals surface area contributed by atoms with Gasteiger partial charge in [0.05, 0.1) is 16.6 Å². The highest BCUT2D eigenvalue weighted by atomic mass is 31.2. The van der Waals surface area contributed by atoms with Crippen molar-refractivity contribution in [3.63, 3.8) is 0 Å². The molecule has 0 fully saturated rings. The van der Waals surface area contributed by atoms with Gasteiger partial charge in [-0.2, -0.15) is 0 Å². The van der Waals surface area contributed by atoms with Gasteiger partial charge in [0.2, 0.25) is 0 Å². The first-order valence-electron chi connectivity index (χ1n) is 13.1. The van der Waals surface area contributed by atoms with Crippen LogP contribution in [0.25, 0.3) is 49.1 Å². The summed E-state index contributed by atoms with van der Waals surface area (Å²) in [6.07, 6.45) is 0. The molecule has 39 heavy (non-hydrogen) atoms. The SMILES string of the molecule is O=P(c1ccccc1)(c1ccccc1)c1cccc2c3ccc4ccccc4c3n3c4ccccc4nc3c12. The maximum absolute atomic E-state index is 15.6. The summed E-state index contributed by atoms with van der Waals surface area (Å²) < 4.78 is 17.9. The van der Waals surface area contributed by atoms with Crippen LogP contribution in [0.3, 0.4) is 0 Å². The van der Waals surface area contributed by atoms with Gasteiger partial charge in [0.15, 0.2) is 7.14 Å². The Morgan fingerprint density at radius 3 is 1.95 bits per heavy atom. The van der Waals surface area contributed by atoms with Gasteiger partial charge in [0.25, 0.3) is 0 Å². The van der Waals surface area contributed by atoms with Gasteiger partial charge in [-0.25, -0.2) is 4.98 Å². The quantitative estimate of drug-likeness (QED) is 0.178. The zero-order valence-corrected chi connectivity index (χ0v) is 21.9. The third-order valence-electron chi connectivity index (χ3n) is 7.82. The molecule has 0 radical (unpaired) electrons. The topological polar surface area (TPSA) is 34.4 Å². The summed E-state index contributed by atoms with van der Waals surface area (Å²) >= 11 is 0. The van der Waals surface area contributed by atoms with Gasteiger partial charge in [0.1, 0.15) is 5.65 Å². The van der Waals surface area contributed by atoms with E-state index in [1.165, 1.54) is 10.8 Å². The Morgan fingerprint density at radius 1 is 0.538 bits per heavy atom. The zero-order valence-electron chi connectivity index (χ0n) is 21.0. The molecule has 2 heterocycles. The molecule has 0 aliphatic heterocycles. The van der Waals surface area contributed by atoms with Crippen LogP contribution in [-0.2, 0) is 4.57 Å². The summed E-state index contributed by atoms with van der Waals surface area (Å²) in [7, 11) is -3.25. The van der Waals surface area contributed by atoms with Gasteiger partial charge in [-0.3, -0.25) is 4.40 Å². The lowest BCUT2D eigenvalue weighted by atomic mass is 10.0. The highest BCUT2D eigenvalue weighted by molar-refractivity contribution is 7.85. The first-order chi connectivity index (χ1) is 19.2. The van der Waals surface area contributed by atoms with Gasteiger partial charge < -0.3 is 4.57 Å². The van der Waals surface area contributed by atoms with Gasteiger partial charge in [-0.1, -0.05) is 127 Å². The van der Waals surface area contributed by atoms with Crippen LogP contribution in [0.5, 0.6) is 0 Å².